The minimum absolute atomic E-state index is 0.113. The number of carbonyl (C=O) groups excluding carboxylic acids is 1. The van der Waals surface area contributed by atoms with Crippen molar-refractivity contribution in [2.45, 2.75) is 45.3 Å². The van der Waals surface area contributed by atoms with E-state index in [9.17, 15) is 14.7 Å². The van der Waals surface area contributed by atoms with Crippen molar-refractivity contribution in [3.63, 3.8) is 0 Å². The largest absolute Gasteiger partial charge is 0.497 e. The van der Waals surface area contributed by atoms with Gasteiger partial charge in [0, 0.05) is 48.7 Å². The SMILES string of the molecule is COc1cc(Cn2cc([C@H]3CCN(C(=O)OC(C)(C)C)C[C@@H]3C(=O)O)c3ccccc32)cc(OC)c1. The third-order valence-electron chi connectivity index (χ3n) is 6.56. The lowest BCUT2D eigenvalue weighted by Gasteiger charge is -2.37. The molecule has 1 amide bonds. The Balaban J connectivity index is 1.67. The number of aliphatic carboxylic acids is 1. The van der Waals surface area contributed by atoms with E-state index in [2.05, 4.69) is 10.8 Å². The van der Waals surface area contributed by atoms with E-state index in [0.717, 1.165) is 22.0 Å². The number of aromatic nitrogens is 1. The highest BCUT2D eigenvalue weighted by Gasteiger charge is 2.39. The van der Waals surface area contributed by atoms with Crippen LogP contribution in [0.2, 0.25) is 0 Å². The first-order valence-corrected chi connectivity index (χ1v) is 12.1. The monoisotopic (exact) mass is 494 g/mol. The third kappa shape index (κ3) is 5.42. The molecule has 0 aliphatic carbocycles. The molecule has 1 saturated heterocycles. The van der Waals surface area contributed by atoms with Crippen molar-refractivity contribution in [2.24, 2.45) is 5.92 Å². The molecule has 0 bridgehead atoms. The molecule has 192 valence electrons. The van der Waals surface area contributed by atoms with Crippen LogP contribution in [0.25, 0.3) is 10.9 Å². The van der Waals surface area contributed by atoms with Gasteiger partial charge < -0.3 is 28.8 Å². The van der Waals surface area contributed by atoms with Crippen molar-refractivity contribution in [1.29, 1.82) is 0 Å². The Hall–Kier alpha value is -3.68. The number of hydrogen-bond acceptors (Lipinski definition) is 5. The van der Waals surface area contributed by atoms with E-state index in [4.69, 9.17) is 14.2 Å². The molecule has 1 aliphatic heterocycles. The Morgan fingerprint density at radius 1 is 1.06 bits per heavy atom. The van der Waals surface area contributed by atoms with Gasteiger partial charge in [-0.2, -0.15) is 0 Å². The lowest BCUT2D eigenvalue weighted by molar-refractivity contribution is -0.144. The number of amides is 1. The van der Waals surface area contributed by atoms with Crippen molar-refractivity contribution < 1.29 is 28.9 Å². The summed E-state index contributed by atoms with van der Waals surface area (Å²) in [5.41, 5.74) is 2.38. The van der Waals surface area contributed by atoms with Crippen LogP contribution in [-0.4, -0.2) is 59.5 Å². The van der Waals surface area contributed by atoms with Gasteiger partial charge in [-0.1, -0.05) is 18.2 Å². The molecule has 1 fully saturated rings. The highest BCUT2D eigenvalue weighted by atomic mass is 16.6. The van der Waals surface area contributed by atoms with Crippen LogP contribution < -0.4 is 9.47 Å². The fourth-order valence-electron chi connectivity index (χ4n) is 4.92. The Bertz CT molecular complexity index is 1240. The number of rotatable bonds is 6. The average molecular weight is 495 g/mol. The molecule has 2 heterocycles. The van der Waals surface area contributed by atoms with E-state index in [1.165, 1.54) is 4.90 Å². The molecule has 0 radical (unpaired) electrons. The molecule has 8 nitrogen and oxygen atoms in total. The normalized spacial score (nSPS) is 18.2. The second kappa shape index (κ2) is 10.1. The van der Waals surface area contributed by atoms with Crippen molar-refractivity contribution in [1.82, 2.24) is 9.47 Å². The highest BCUT2D eigenvalue weighted by molar-refractivity contribution is 5.86. The standard InChI is InChI=1S/C28H34N2O6/c1-28(2,3)36-27(33)29-11-10-21(24(17-29)26(31)32)23-16-30(25-9-7-6-8-22(23)25)15-18-12-19(34-4)14-20(13-18)35-5/h6-9,12-14,16,21,24H,10-11,15,17H2,1-5H3,(H,31,32)/t21-,24+/m1/s1. The molecule has 0 spiro atoms. The summed E-state index contributed by atoms with van der Waals surface area (Å²) in [6, 6.07) is 13.8. The summed E-state index contributed by atoms with van der Waals surface area (Å²) in [4.78, 5) is 26.5. The van der Waals surface area contributed by atoms with Crippen LogP contribution >= 0.6 is 0 Å². The predicted molar refractivity (Wildman–Crippen MR) is 137 cm³/mol. The molecule has 0 saturated carbocycles. The maximum Gasteiger partial charge on any atom is 0.410 e. The maximum atomic E-state index is 12.6. The van der Waals surface area contributed by atoms with E-state index in [1.807, 2.05) is 42.5 Å². The number of para-hydroxylation sites is 1. The minimum Gasteiger partial charge on any atom is -0.497 e. The zero-order valence-corrected chi connectivity index (χ0v) is 21.5. The summed E-state index contributed by atoms with van der Waals surface area (Å²) in [6.07, 6.45) is 2.12. The van der Waals surface area contributed by atoms with Crippen LogP contribution in [0.1, 0.15) is 44.2 Å². The molecule has 36 heavy (non-hydrogen) atoms. The zero-order chi connectivity index (χ0) is 26.0. The van der Waals surface area contributed by atoms with Gasteiger partial charge in [0.15, 0.2) is 0 Å². The molecule has 3 aromatic rings. The van der Waals surface area contributed by atoms with Gasteiger partial charge in [-0.15, -0.1) is 0 Å². The van der Waals surface area contributed by atoms with E-state index >= 15 is 0 Å². The van der Waals surface area contributed by atoms with Gasteiger partial charge in [-0.05, 0) is 56.5 Å². The molecule has 2 atom stereocenters. The number of piperidine rings is 1. The Labute approximate surface area is 211 Å². The van der Waals surface area contributed by atoms with Gasteiger partial charge in [-0.3, -0.25) is 4.79 Å². The van der Waals surface area contributed by atoms with E-state index in [-0.39, 0.29) is 12.5 Å². The van der Waals surface area contributed by atoms with Crippen LogP contribution in [0.5, 0.6) is 11.5 Å². The van der Waals surface area contributed by atoms with Crippen LogP contribution in [0.3, 0.4) is 0 Å². The predicted octanol–water partition coefficient (Wildman–Crippen LogP) is 5.13. The lowest BCUT2D eigenvalue weighted by atomic mass is 9.80. The summed E-state index contributed by atoms with van der Waals surface area (Å²) in [5, 5.41) is 11.1. The number of methoxy groups -OCH3 is 2. The smallest absolute Gasteiger partial charge is 0.410 e. The fraction of sp³-hybridized carbons (Fsp3) is 0.429. The van der Waals surface area contributed by atoms with Gasteiger partial charge >= 0.3 is 12.1 Å². The first kappa shape index (κ1) is 25.4. The first-order chi connectivity index (χ1) is 17.1. The molecule has 1 aliphatic rings. The zero-order valence-electron chi connectivity index (χ0n) is 21.5. The number of fused-ring (bicyclic) bond motifs is 1. The lowest BCUT2D eigenvalue weighted by Crippen LogP contribution is -2.47. The number of ether oxygens (including phenoxy) is 3. The Morgan fingerprint density at radius 3 is 2.33 bits per heavy atom. The Kier molecular flexibility index (Phi) is 7.15. The quantitative estimate of drug-likeness (QED) is 0.511. The fourth-order valence-corrected chi connectivity index (χ4v) is 4.92. The minimum atomic E-state index is -0.914. The molecular formula is C28H34N2O6. The molecule has 4 rings (SSSR count). The van der Waals surface area contributed by atoms with Crippen LogP contribution in [0, 0.1) is 5.92 Å². The van der Waals surface area contributed by atoms with Gasteiger partial charge in [0.2, 0.25) is 0 Å². The van der Waals surface area contributed by atoms with Crippen molar-refractivity contribution >= 4 is 23.0 Å². The molecule has 2 aromatic carbocycles. The second-order valence-electron chi connectivity index (χ2n) is 10.2. The van der Waals surface area contributed by atoms with Crippen molar-refractivity contribution in [3.8, 4) is 11.5 Å². The van der Waals surface area contributed by atoms with Crippen LogP contribution in [0.15, 0.2) is 48.7 Å². The molecule has 0 unspecified atom stereocenters. The van der Waals surface area contributed by atoms with E-state index in [1.54, 1.807) is 35.0 Å². The molecule has 1 N–H and O–H groups in total. The summed E-state index contributed by atoms with van der Waals surface area (Å²) in [7, 11) is 3.24. The number of benzene rings is 2. The topological polar surface area (TPSA) is 90.2 Å². The molecular weight excluding hydrogens is 460 g/mol. The summed E-state index contributed by atoms with van der Waals surface area (Å²) >= 11 is 0. The van der Waals surface area contributed by atoms with Gasteiger partial charge in [0.1, 0.15) is 17.1 Å². The maximum absolute atomic E-state index is 12.6. The van der Waals surface area contributed by atoms with Crippen molar-refractivity contribution in [2.75, 3.05) is 27.3 Å². The third-order valence-corrected chi connectivity index (χ3v) is 6.56. The number of hydrogen-bond donors (Lipinski definition) is 1. The summed E-state index contributed by atoms with van der Waals surface area (Å²) in [6.45, 7) is 6.54. The van der Waals surface area contributed by atoms with Gasteiger partial charge in [0.05, 0.1) is 20.1 Å². The number of carboxylic acid groups (broad SMARTS) is 1. The van der Waals surface area contributed by atoms with Crippen molar-refractivity contribution in [3.05, 3.63) is 59.8 Å². The highest BCUT2D eigenvalue weighted by Crippen LogP contribution is 2.39. The number of carbonyl (C=O) groups is 2. The van der Waals surface area contributed by atoms with Crippen LogP contribution in [-0.2, 0) is 16.1 Å². The first-order valence-electron chi connectivity index (χ1n) is 12.1. The average Bonchev–Trinajstić information content (AvgIpc) is 3.20. The molecule has 1 aromatic heterocycles. The number of likely N-dealkylation sites (tertiary alicyclic amines) is 1. The second-order valence-corrected chi connectivity index (χ2v) is 10.2. The van der Waals surface area contributed by atoms with Gasteiger partial charge in [0.25, 0.3) is 0 Å². The number of nitrogens with zero attached hydrogens (tertiary/aromatic N) is 2. The van der Waals surface area contributed by atoms with E-state index in [0.29, 0.717) is 31.0 Å². The van der Waals surface area contributed by atoms with Gasteiger partial charge in [-0.25, -0.2) is 4.79 Å². The van der Waals surface area contributed by atoms with E-state index < -0.39 is 23.6 Å². The molecule has 8 heteroatoms. The summed E-state index contributed by atoms with van der Waals surface area (Å²) in [5.74, 6) is -0.458. The van der Waals surface area contributed by atoms with Crippen LogP contribution in [0.4, 0.5) is 4.79 Å². The summed E-state index contributed by atoms with van der Waals surface area (Å²) < 4.78 is 18.5. The Morgan fingerprint density at radius 2 is 1.72 bits per heavy atom. The number of carboxylic acids is 1.